The lowest BCUT2D eigenvalue weighted by Crippen LogP contribution is -2.58. The van der Waals surface area contributed by atoms with Crippen LogP contribution in [0.15, 0.2) is 66.2 Å². The first kappa shape index (κ1) is 40.7. The van der Waals surface area contributed by atoms with E-state index in [2.05, 4.69) is 16.0 Å². The van der Waals surface area contributed by atoms with Gasteiger partial charge in [0, 0.05) is 35.1 Å². The van der Waals surface area contributed by atoms with E-state index in [9.17, 15) is 29.1 Å². The Balaban J connectivity index is 1.48. The Hall–Kier alpha value is -5.46. The number of nitrogens with zero attached hydrogens (tertiary/aromatic N) is 1. The second kappa shape index (κ2) is 17.8. The van der Waals surface area contributed by atoms with Gasteiger partial charge in [-0.05, 0) is 48.8 Å². The maximum atomic E-state index is 14.3. The molecule has 5 atom stereocenters. The van der Waals surface area contributed by atoms with E-state index in [0.717, 1.165) is 37.7 Å². The number of rotatable bonds is 14. The molecule has 0 radical (unpaired) electrons. The number of aromatic nitrogens is 1. The number of methoxy groups -OCH3 is 2. The van der Waals surface area contributed by atoms with E-state index in [1.165, 1.54) is 7.11 Å². The number of ether oxygens (including phenoxy) is 3. The molecule has 55 heavy (non-hydrogen) atoms. The molecule has 2 aliphatic rings. The predicted octanol–water partition coefficient (Wildman–Crippen LogP) is 5.35. The lowest BCUT2D eigenvalue weighted by atomic mass is 9.82. The molecule has 13 nitrogen and oxygen atoms in total. The van der Waals surface area contributed by atoms with Crippen LogP contribution in [-0.4, -0.2) is 78.2 Å². The van der Waals surface area contributed by atoms with Crippen molar-refractivity contribution in [2.45, 2.75) is 96.9 Å². The van der Waals surface area contributed by atoms with E-state index in [1.807, 2.05) is 36.4 Å². The van der Waals surface area contributed by atoms with Crippen LogP contribution in [0.5, 0.6) is 11.5 Å². The molecule has 1 fully saturated rings. The third kappa shape index (κ3) is 9.81. The molecule has 1 aromatic heterocycles. The Labute approximate surface area is 321 Å². The Morgan fingerprint density at radius 3 is 2.25 bits per heavy atom. The number of amides is 3. The average molecular weight is 757 g/mol. The minimum atomic E-state index is -1.20. The number of aliphatic carboxylic acids is 1. The molecule has 5 rings (SSSR count). The van der Waals surface area contributed by atoms with E-state index in [-0.39, 0.29) is 24.3 Å². The molecule has 0 unspecified atom stereocenters. The van der Waals surface area contributed by atoms with Crippen molar-refractivity contribution < 1.29 is 43.3 Å². The molecule has 4 N–H and O–H groups in total. The van der Waals surface area contributed by atoms with E-state index < -0.39 is 65.2 Å². The van der Waals surface area contributed by atoms with Crippen molar-refractivity contribution in [3.05, 3.63) is 66.2 Å². The first-order valence-corrected chi connectivity index (χ1v) is 18.9. The molecule has 1 saturated carbocycles. The van der Waals surface area contributed by atoms with Gasteiger partial charge >= 0.3 is 11.9 Å². The van der Waals surface area contributed by atoms with Crippen LogP contribution >= 0.6 is 0 Å². The number of carboxylic acids is 1. The Morgan fingerprint density at radius 1 is 0.927 bits per heavy atom. The Morgan fingerprint density at radius 2 is 1.64 bits per heavy atom. The van der Waals surface area contributed by atoms with E-state index in [1.54, 1.807) is 59.1 Å². The molecule has 3 amide bonds. The van der Waals surface area contributed by atoms with Gasteiger partial charge in [-0.3, -0.25) is 14.4 Å². The van der Waals surface area contributed by atoms with Gasteiger partial charge in [0.1, 0.15) is 35.7 Å². The summed E-state index contributed by atoms with van der Waals surface area (Å²) in [6, 6.07) is 13.6. The van der Waals surface area contributed by atoms with Crippen LogP contribution in [0, 0.1) is 17.3 Å². The number of benzene rings is 2. The van der Waals surface area contributed by atoms with Gasteiger partial charge in [-0.15, -0.1) is 0 Å². The normalized spacial score (nSPS) is 19.0. The van der Waals surface area contributed by atoms with Crippen LogP contribution in [0.2, 0.25) is 0 Å². The molecule has 3 aromatic rings. The largest absolute Gasteiger partial charge is 0.497 e. The summed E-state index contributed by atoms with van der Waals surface area (Å²) in [4.78, 5) is 71.7. The highest BCUT2D eigenvalue weighted by atomic mass is 16.5. The molecule has 0 bridgehead atoms. The van der Waals surface area contributed by atoms with Crippen molar-refractivity contribution >= 4 is 40.6 Å². The minimum absolute atomic E-state index is 0.0176. The van der Waals surface area contributed by atoms with Crippen molar-refractivity contribution in [2.24, 2.45) is 17.3 Å². The van der Waals surface area contributed by atoms with Gasteiger partial charge in [-0.2, -0.15) is 0 Å². The third-order valence-electron chi connectivity index (χ3n) is 10.4. The van der Waals surface area contributed by atoms with Gasteiger partial charge in [-0.1, -0.05) is 77.3 Å². The second-order valence-corrected chi connectivity index (χ2v) is 15.3. The highest BCUT2D eigenvalue weighted by Gasteiger charge is 2.42. The van der Waals surface area contributed by atoms with Crippen LogP contribution in [0.25, 0.3) is 22.2 Å². The molecule has 2 aliphatic carbocycles. The molecule has 1 heterocycles. The highest BCUT2D eigenvalue weighted by Crippen LogP contribution is 2.37. The quantitative estimate of drug-likeness (QED) is 0.157. The zero-order valence-electron chi connectivity index (χ0n) is 32.3. The number of carbonyl (C=O) groups excluding carboxylic acids is 4. The van der Waals surface area contributed by atoms with Crippen molar-refractivity contribution in [3.8, 4) is 22.8 Å². The summed E-state index contributed by atoms with van der Waals surface area (Å²) in [5.74, 6) is -3.80. The maximum absolute atomic E-state index is 14.3. The summed E-state index contributed by atoms with van der Waals surface area (Å²) in [5, 5.41) is 18.7. The van der Waals surface area contributed by atoms with E-state index in [4.69, 9.17) is 19.2 Å². The smallest absolute Gasteiger partial charge is 0.328 e. The fourth-order valence-electron chi connectivity index (χ4n) is 7.33. The van der Waals surface area contributed by atoms with Crippen LogP contribution in [0.1, 0.15) is 72.6 Å². The second-order valence-electron chi connectivity index (χ2n) is 15.3. The molecular formula is C42H52N4O9. The zero-order valence-corrected chi connectivity index (χ0v) is 32.3. The van der Waals surface area contributed by atoms with E-state index in [0.29, 0.717) is 28.1 Å². The first-order valence-electron chi connectivity index (χ1n) is 18.9. The summed E-state index contributed by atoms with van der Waals surface area (Å²) >= 11 is 0. The van der Waals surface area contributed by atoms with Crippen molar-refractivity contribution in [1.82, 2.24) is 20.9 Å². The van der Waals surface area contributed by atoms with Crippen molar-refractivity contribution in [2.75, 3.05) is 14.2 Å². The predicted molar refractivity (Wildman–Crippen MR) is 206 cm³/mol. The standard InChI is InChI=1S/C42H52N4O9/c1-7-31(40(50)51)44-37(47)29-20-27(55-34-23-32(24-14-10-8-11-15-24)43-33-22-26(53-5)18-19-28(33)34)21-30(29)38(48)46-36(42(2,3)4)39(49)45-35(41(52)54-6)25-16-12-9-13-17-25/h8,10-11,14-15,18-19,21-23,25,27,29,31,35-36H,7,9,12-13,16-17,20H2,1-6H3,(H,44,47)(H,45,49)(H,46,48)(H,50,51)/t27-,29-,31+,35+,36-/m1/s1. The van der Waals surface area contributed by atoms with Gasteiger partial charge in [-0.25, -0.2) is 14.6 Å². The summed E-state index contributed by atoms with van der Waals surface area (Å²) in [7, 11) is 2.85. The summed E-state index contributed by atoms with van der Waals surface area (Å²) in [6.07, 6.45) is 5.36. The number of hydrogen-bond acceptors (Lipinski definition) is 9. The highest BCUT2D eigenvalue weighted by molar-refractivity contribution is 6.04. The lowest BCUT2D eigenvalue weighted by Gasteiger charge is -2.34. The minimum Gasteiger partial charge on any atom is -0.497 e. The Bertz CT molecular complexity index is 1920. The summed E-state index contributed by atoms with van der Waals surface area (Å²) < 4.78 is 17.1. The van der Waals surface area contributed by atoms with Gasteiger partial charge in [0.25, 0.3) is 0 Å². The van der Waals surface area contributed by atoms with Crippen LogP contribution < -0.4 is 25.4 Å². The number of carboxylic acid groups (broad SMARTS) is 1. The molecule has 0 spiro atoms. The van der Waals surface area contributed by atoms with Gasteiger partial charge in [0.05, 0.1) is 31.3 Å². The van der Waals surface area contributed by atoms with Crippen LogP contribution in [-0.2, 0) is 28.7 Å². The number of pyridine rings is 1. The van der Waals surface area contributed by atoms with Gasteiger partial charge < -0.3 is 35.3 Å². The molecule has 0 aliphatic heterocycles. The fraction of sp³-hybridized carbons (Fsp3) is 0.476. The number of esters is 1. The van der Waals surface area contributed by atoms with Crippen molar-refractivity contribution in [3.63, 3.8) is 0 Å². The fourth-order valence-corrected chi connectivity index (χ4v) is 7.33. The van der Waals surface area contributed by atoms with E-state index >= 15 is 0 Å². The lowest BCUT2D eigenvalue weighted by molar-refractivity contribution is -0.148. The van der Waals surface area contributed by atoms with Crippen LogP contribution in [0.3, 0.4) is 0 Å². The third-order valence-corrected chi connectivity index (χ3v) is 10.4. The maximum Gasteiger partial charge on any atom is 0.328 e. The molecule has 0 saturated heterocycles. The average Bonchev–Trinajstić information content (AvgIpc) is 3.61. The summed E-state index contributed by atoms with van der Waals surface area (Å²) in [6.45, 7) is 7.00. The van der Waals surface area contributed by atoms with Crippen LogP contribution in [0.4, 0.5) is 0 Å². The summed E-state index contributed by atoms with van der Waals surface area (Å²) in [5.41, 5.74) is 1.30. The van der Waals surface area contributed by atoms with Crippen molar-refractivity contribution in [1.29, 1.82) is 0 Å². The molecule has 294 valence electrons. The topological polar surface area (TPSA) is 182 Å². The van der Waals surface area contributed by atoms with Gasteiger partial charge in [0.15, 0.2) is 0 Å². The number of fused-ring (bicyclic) bond motifs is 1. The molecular weight excluding hydrogens is 704 g/mol. The first-order chi connectivity index (χ1) is 26.2. The number of nitrogens with one attached hydrogen (secondary N) is 3. The monoisotopic (exact) mass is 756 g/mol. The molecule has 2 aromatic carbocycles. The zero-order chi connectivity index (χ0) is 39.9. The molecule has 13 heteroatoms. The SMILES string of the molecule is CC[C@H](NC(=O)[C@@H]1C[C@@H](Oc2cc(-c3ccccc3)nc3cc(OC)ccc23)C=C1C(=O)N[C@H](C(=O)N[C@H](C(=O)OC)C1CCCCC1)C(C)(C)C)C(=O)O. The number of hydrogen-bond donors (Lipinski definition) is 4. The Kier molecular flexibility index (Phi) is 13.2. The van der Waals surface area contributed by atoms with Gasteiger partial charge in [0.2, 0.25) is 17.7 Å². The number of carbonyl (C=O) groups is 5.